The zero-order valence-corrected chi connectivity index (χ0v) is 16.8. The van der Waals surface area contributed by atoms with Gasteiger partial charge in [-0.15, -0.1) is 0 Å². The van der Waals surface area contributed by atoms with Crippen LogP contribution in [0.2, 0.25) is 0 Å². The van der Waals surface area contributed by atoms with E-state index >= 15 is 0 Å². The predicted molar refractivity (Wildman–Crippen MR) is 96.7 cm³/mol. The summed E-state index contributed by atoms with van der Waals surface area (Å²) in [7, 11) is 1.32. The van der Waals surface area contributed by atoms with E-state index in [1.54, 1.807) is 0 Å². The average molecular weight is 420 g/mol. The summed E-state index contributed by atoms with van der Waals surface area (Å²) in [5, 5.41) is 10.4. The van der Waals surface area contributed by atoms with Gasteiger partial charge >= 0.3 is 12.3 Å². The highest BCUT2D eigenvalue weighted by Gasteiger charge is 2.59. The monoisotopic (exact) mass is 420 g/mol. The van der Waals surface area contributed by atoms with Crippen LogP contribution in [0, 0.1) is 5.92 Å². The number of aryl methyl sites for hydroxylation is 1. The minimum absolute atomic E-state index is 0.0596. The molecule has 0 spiro atoms. The van der Waals surface area contributed by atoms with Crippen molar-refractivity contribution in [1.82, 2.24) is 19.4 Å². The van der Waals surface area contributed by atoms with Crippen LogP contribution in [-0.4, -0.2) is 75.4 Å². The molecule has 29 heavy (non-hydrogen) atoms. The standard InChI is InChI=1S/C18H27F3N4O4/c1-13(2)12-29-16(27)25-7-4-6-24(9-10-25)14(26)11-17(28,18(19,20)21)15-22-5-8-23(15)3/h5,8,13,28H,4,6-7,9-12H2,1-3H3. The fourth-order valence-corrected chi connectivity index (χ4v) is 3.08. The number of ether oxygens (including phenoxy) is 1. The van der Waals surface area contributed by atoms with Gasteiger partial charge in [-0.1, -0.05) is 13.8 Å². The number of imidazole rings is 1. The third-order valence-corrected chi connectivity index (χ3v) is 4.71. The largest absolute Gasteiger partial charge is 0.449 e. The minimum Gasteiger partial charge on any atom is -0.449 e. The number of alkyl halides is 3. The number of carbonyl (C=O) groups excluding carboxylic acids is 2. The smallest absolute Gasteiger partial charge is 0.425 e. The van der Waals surface area contributed by atoms with E-state index in [4.69, 9.17) is 4.74 Å². The molecule has 1 unspecified atom stereocenters. The Balaban J connectivity index is 2.06. The topological polar surface area (TPSA) is 87.9 Å². The first-order valence-electron chi connectivity index (χ1n) is 9.42. The van der Waals surface area contributed by atoms with Crippen molar-refractivity contribution in [1.29, 1.82) is 0 Å². The van der Waals surface area contributed by atoms with Gasteiger partial charge in [-0.2, -0.15) is 13.2 Å². The summed E-state index contributed by atoms with van der Waals surface area (Å²) in [6.07, 6.45) is -3.98. The Kier molecular flexibility index (Phi) is 7.15. The van der Waals surface area contributed by atoms with Crippen molar-refractivity contribution in [3.05, 3.63) is 18.2 Å². The molecule has 0 aromatic carbocycles. The average Bonchev–Trinajstić information content (AvgIpc) is 2.90. The van der Waals surface area contributed by atoms with Gasteiger partial charge in [0.1, 0.15) is 0 Å². The zero-order valence-electron chi connectivity index (χ0n) is 16.8. The lowest BCUT2D eigenvalue weighted by Gasteiger charge is -2.31. The molecule has 1 fully saturated rings. The number of hydrogen-bond acceptors (Lipinski definition) is 5. The molecule has 8 nitrogen and oxygen atoms in total. The quantitative estimate of drug-likeness (QED) is 0.786. The van der Waals surface area contributed by atoms with E-state index in [2.05, 4.69) is 4.98 Å². The maximum Gasteiger partial charge on any atom is 0.425 e. The highest BCUT2D eigenvalue weighted by Crippen LogP contribution is 2.41. The molecular weight excluding hydrogens is 393 g/mol. The second-order valence-corrected chi connectivity index (χ2v) is 7.59. The van der Waals surface area contributed by atoms with Crippen molar-refractivity contribution in [2.24, 2.45) is 13.0 Å². The van der Waals surface area contributed by atoms with Crippen LogP contribution >= 0.6 is 0 Å². The van der Waals surface area contributed by atoms with E-state index in [1.165, 1.54) is 23.0 Å². The second kappa shape index (κ2) is 9.02. The maximum absolute atomic E-state index is 13.6. The summed E-state index contributed by atoms with van der Waals surface area (Å²) >= 11 is 0. The third-order valence-electron chi connectivity index (χ3n) is 4.71. The van der Waals surface area contributed by atoms with Crippen molar-refractivity contribution in [3.63, 3.8) is 0 Å². The SMILES string of the molecule is CC(C)COC(=O)N1CCCN(C(=O)CC(O)(c2nccn2C)C(F)(F)F)CC1. The summed E-state index contributed by atoms with van der Waals surface area (Å²) in [6, 6.07) is 0. The van der Waals surface area contributed by atoms with Gasteiger partial charge in [0.2, 0.25) is 11.5 Å². The summed E-state index contributed by atoms with van der Waals surface area (Å²) in [5.74, 6) is -1.33. The van der Waals surface area contributed by atoms with Gasteiger partial charge in [0, 0.05) is 45.6 Å². The number of aromatic nitrogens is 2. The van der Waals surface area contributed by atoms with E-state index in [-0.39, 0.29) is 32.2 Å². The predicted octanol–water partition coefficient (Wildman–Crippen LogP) is 1.89. The minimum atomic E-state index is -5.08. The van der Waals surface area contributed by atoms with Crippen LogP contribution in [0.5, 0.6) is 0 Å². The van der Waals surface area contributed by atoms with Crippen LogP contribution < -0.4 is 0 Å². The first-order valence-corrected chi connectivity index (χ1v) is 9.42. The van der Waals surface area contributed by atoms with Crippen LogP contribution in [0.4, 0.5) is 18.0 Å². The maximum atomic E-state index is 13.6. The number of halogens is 3. The third kappa shape index (κ3) is 5.40. The molecule has 1 aromatic rings. The lowest BCUT2D eigenvalue weighted by atomic mass is 9.96. The Morgan fingerprint density at radius 1 is 1.21 bits per heavy atom. The van der Waals surface area contributed by atoms with Crippen LogP contribution in [0.15, 0.2) is 12.4 Å². The van der Waals surface area contributed by atoms with Gasteiger partial charge in [0.15, 0.2) is 5.82 Å². The van der Waals surface area contributed by atoms with Crippen LogP contribution in [0.25, 0.3) is 0 Å². The molecule has 1 atom stereocenters. The van der Waals surface area contributed by atoms with Crippen molar-refractivity contribution >= 4 is 12.0 Å². The Bertz CT molecular complexity index is 722. The zero-order chi connectivity index (χ0) is 21.8. The Morgan fingerprint density at radius 3 is 2.38 bits per heavy atom. The summed E-state index contributed by atoms with van der Waals surface area (Å²) in [4.78, 5) is 31.0. The van der Waals surface area contributed by atoms with Gasteiger partial charge in [-0.25, -0.2) is 9.78 Å². The number of rotatable bonds is 5. The Hall–Kier alpha value is -2.30. The molecule has 1 aliphatic rings. The fraction of sp³-hybridized carbons (Fsp3) is 0.722. The number of aliphatic hydroxyl groups is 1. The van der Waals surface area contributed by atoms with E-state index in [9.17, 15) is 27.9 Å². The van der Waals surface area contributed by atoms with Crippen molar-refractivity contribution in [2.75, 3.05) is 32.8 Å². The molecule has 164 valence electrons. The number of amides is 2. The molecule has 1 N–H and O–H groups in total. The molecule has 1 aromatic heterocycles. The number of nitrogens with zero attached hydrogens (tertiary/aromatic N) is 4. The molecule has 2 amide bonds. The second-order valence-electron chi connectivity index (χ2n) is 7.59. The summed E-state index contributed by atoms with van der Waals surface area (Å²) in [6.45, 7) is 4.80. The lowest BCUT2D eigenvalue weighted by Crippen LogP contribution is -2.49. The molecular formula is C18H27F3N4O4. The van der Waals surface area contributed by atoms with E-state index in [0.717, 1.165) is 10.8 Å². The van der Waals surface area contributed by atoms with Crippen LogP contribution in [-0.2, 0) is 22.2 Å². The molecule has 1 aliphatic heterocycles. The highest BCUT2D eigenvalue weighted by molar-refractivity contribution is 5.78. The van der Waals surface area contributed by atoms with E-state index in [1.807, 2.05) is 13.8 Å². The van der Waals surface area contributed by atoms with Crippen LogP contribution in [0.3, 0.4) is 0 Å². The van der Waals surface area contributed by atoms with E-state index in [0.29, 0.717) is 13.0 Å². The summed E-state index contributed by atoms with van der Waals surface area (Å²) in [5.41, 5.74) is -3.40. The molecule has 0 saturated carbocycles. The van der Waals surface area contributed by atoms with Crippen molar-refractivity contribution < 1.29 is 32.6 Å². The molecule has 0 radical (unpaired) electrons. The van der Waals surface area contributed by atoms with Gasteiger partial charge in [0.25, 0.3) is 0 Å². The van der Waals surface area contributed by atoms with Crippen molar-refractivity contribution in [3.8, 4) is 0 Å². The lowest BCUT2D eigenvalue weighted by molar-refractivity contribution is -0.272. The number of hydrogen-bond donors (Lipinski definition) is 1. The molecule has 2 heterocycles. The summed E-state index contributed by atoms with van der Waals surface area (Å²) < 4.78 is 47.1. The Labute approximate surface area is 167 Å². The van der Waals surface area contributed by atoms with E-state index < -0.39 is 36.0 Å². The molecule has 11 heteroatoms. The first kappa shape index (κ1) is 23.0. The highest BCUT2D eigenvalue weighted by atomic mass is 19.4. The molecule has 2 rings (SSSR count). The first-order chi connectivity index (χ1) is 13.5. The van der Waals surface area contributed by atoms with Gasteiger partial charge in [-0.3, -0.25) is 4.79 Å². The Morgan fingerprint density at radius 2 is 1.83 bits per heavy atom. The van der Waals surface area contributed by atoms with Crippen LogP contribution in [0.1, 0.15) is 32.5 Å². The molecule has 0 aliphatic carbocycles. The van der Waals surface area contributed by atoms with Crippen molar-refractivity contribution in [2.45, 2.75) is 38.5 Å². The number of carbonyl (C=O) groups is 2. The van der Waals surface area contributed by atoms with Gasteiger partial charge < -0.3 is 24.2 Å². The fourth-order valence-electron chi connectivity index (χ4n) is 3.08. The molecule has 1 saturated heterocycles. The normalized spacial score (nSPS) is 17.8. The molecule has 0 bridgehead atoms. The van der Waals surface area contributed by atoms with Gasteiger partial charge in [0.05, 0.1) is 13.0 Å². The van der Waals surface area contributed by atoms with Gasteiger partial charge in [-0.05, 0) is 12.3 Å².